The summed E-state index contributed by atoms with van der Waals surface area (Å²) in [6, 6.07) is 0. The minimum Gasteiger partial charge on any atom is -0.479 e. The maximum Gasteiger partial charge on any atom is 0.332 e. The van der Waals surface area contributed by atoms with Crippen molar-refractivity contribution in [2.45, 2.75) is 12.5 Å². The zero-order chi connectivity index (χ0) is 11.5. The summed E-state index contributed by atoms with van der Waals surface area (Å²) in [5.41, 5.74) is 5.25. The van der Waals surface area contributed by atoms with E-state index in [-0.39, 0.29) is 6.61 Å². The summed E-state index contributed by atoms with van der Waals surface area (Å²) >= 11 is 0. The summed E-state index contributed by atoms with van der Waals surface area (Å²) in [7, 11) is 1.58. The highest BCUT2D eigenvalue weighted by Gasteiger charge is 2.16. The number of carboxylic acid groups (broad SMARTS) is 1. The molecule has 0 saturated heterocycles. The van der Waals surface area contributed by atoms with Crippen LogP contribution in [0.3, 0.4) is 0 Å². The Kier molecular flexibility index (Phi) is 9.40. The van der Waals surface area contributed by atoms with E-state index in [1.807, 2.05) is 0 Å². The number of hydrogen-bond donors (Lipinski definition) is 2. The first-order valence-corrected chi connectivity index (χ1v) is 4.83. The van der Waals surface area contributed by atoms with Gasteiger partial charge in [-0.25, -0.2) is 4.79 Å². The van der Waals surface area contributed by atoms with Crippen molar-refractivity contribution in [1.29, 1.82) is 0 Å². The molecule has 1 unspecified atom stereocenters. The third-order valence-corrected chi connectivity index (χ3v) is 1.68. The molecule has 0 spiro atoms. The van der Waals surface area contributed by atoms with E-state index in [1.165, 1.54) is 0 Å². The third kappa shape index (κ3) is 8.31. The van der Waals surface area contributed by atoms with Crippen LogP contribution in [0.15, 0.2) is 0 Å². The van der Waals surface area contributed by atoms with Crippen LogP contribution < -0.4 is 5.73 Å². The van der Waals surface area contributed by atoms with Crippen molar-refractivity contribution in [3.05, 3.63) is 0 Å². The smallest absolute Gasteiger partial charge is 0.332 e. The van der Waals surface area contributed by atoms with Crippen LogP contribution in [-0.2, 0) is 19.0 Å². The minimum absolute atomic E-state index is 0.251. The number of ether oxygens (including phenoxy) is 3. The van der Waals surface area contributed by atoms with Crippen LogP contribution in [0.4, 0.5) is 0 Å². The van der Waals surface area contributed by atoms with Crippen molar-refractivity contribution >= 4 is 5.97 Å². The first-order valence-electron chi connectivity index (χ1n) is 4.83. The number of hydrogen-bond acceptors (Lipinski definition) is 5. The largest absolute Gasteiger partial charge is 0.479 e. The maximum atomic E-state index is 10.6. The van der Waals surface area contributed by atoms with Crippen molar-refractivity contribution in [3.63, 3.8) is 0 Å². The van der Waals surface area contributed by atoms with Crippen LogP contribution in [0.2, 0.25) is 0 Å². The molecule has 0 radical (unpaired) electrons. The van der Waals surface area contributed by atoms with Crippen molar-refractivity contribution < 1.29 is 24.1 Å². The average Bonchev–Trinajstić information content (AvgIpc) is 2.21. The molecule has 0 aliphatic rings. The molecule has 0 aromatic carbocycles. The number of nitrogens with two attached hydrogens (primary N) is 1. The minimum atomic E-state index is -0.989. The molecular weight excluding hydrogens is 202 g/mol. The van der Waals surface area contributed by atoms with Crippen LogP contribution in [0, 0.1) is 0 Å². The number of methoxy groups -OCH3 is 1. The van der Waals surface area contributed by atoms with Gasteiger partial charge in [-0.15, -0.1) is 0 Å². The van der Waals surface area contributed by atoms with Gasteiger partial charge in [-0.2, -0.15) is 0 Å². The van der Waals surface area contributed by atoms with Gasteiger partial charge in [-0.1, -0.05) is 0 Å². The maximum absolute atomic E-state index is 10.6. The van der Waals surface area contributed by atoms with Gasteiger partial charge < -0.3 is 25.1 Å². The predicted octanol–water partition coefficient (Wildman–Crippen LogP) is -0.532. The van der Waals surface area contributed by atoms with Gasteiger partial charge in [0, 0.05) is 7.11 Å². The fourth-order valence-corrected chi connectivity index (χ4v) is 0.923. The Bertz CT molecular complexity index is 165. The van der Waals surface area contributed by atoms with Gasteiger partial charge >= 0.3 is 5.97 Å². The zero-order valence-corrected chi connectivity index (χ0v) is 8.98. The van der Waals surface area contributed by atoms with Crippen LogP contribution in [0.25, 0.3) is 0 Å². The standard InChI is InChI=1S/C9H19NO5/c1-13-4-5-14-6-7-15-8(2-3-10)9(11)12/h8H,2-7,10H2,1H3,(H,11,12). The summed E-state index contributed by atoms with van der Waals surface area (Å²) in [6.45, 7) is 1.90. The highest BCUT2D eigenvalue weighted by Crippen LogP contribution is 1.97. The third-order valence-electron chi connectivity index (χ3n) is 1.68. The van der Waals surface area contributed by atoms with E-state index in [1.54, 1.807) is 7.11 Å². The summed E-state index contributed by atoms with van der Waals surface area (Å²) < 4.78 is 15.0. The molecule has 90 valence electrons. The van der Waals surface area contributed by atoms with Gasteiger partial charge in [0.15, 0.2) is 6.10 Å². The average molecular weight is 221 g/mol. The molecule has 0 aliphatic carbocycles. The van der Waals surface area contributed by atoms with Crippen molar-refractivity contribution in [3.8, 4) is 0 Å². The van der Waals surface area contributed by atoms with Crippen molar-refractivity contribution in [2.24, 2.45) is 5.73 Å². The molecule has 6 heteroatoms. The van der Waals surface area contributed by atoms with Crippen LogP contribution in [0.1, 0.15) is 6.42 Å². The lowest BCUT2D eigenvalue weighted by Gasteiger charge is -2.12. The van der Waals surface area contributed by atoms with E-state index < -0.39 is 12.1 Å². The fraction of sp³-hybridized carbons (Fsp3) is 0.889. The first-order chi connectivity index (χ1) is 7.22. The second-order valence-corrected chi connectivity index (χ2v) is 2.88. The normalized spacial score (nSPS) is 12.7. The van der Waals surface area contributed by atoms with Gasteiger partial charge in [0.05, 0.1) is 26.4 Å². The summed E-state index contributed by atoms with van der Waals surface area (Å²) in [5.74, 6) is -0.989. The van der Waals surface area contributed by atoms with E-state index in [4.69, 9.17) is 25.1 Å². The molecule has 0 bridgehead atoms. The van der Waals surface area contributed by atoms with E-state index in [9.17, 15) is 4.79 Å². The summed E-state index contributed by atoms with van der Waals surface area (Å²) in [4.78, 5) is 10.6. The highest BCUT2D eigenvalue weighted by atomic mass is 16.6. The molecule has 0 heterocycles. The monoisotopic (exact) mass is 221 g/mol. The molecule has 0 fully saturated rings. The Labute approximate surface area is 89.3 Å². The van der Waals surface area contributed by atoms with Crippen LogP contribution >= 0.6 is 0 Å². The SMILES string of the molecule is COCCOCCOC(CCN)C(=O)O. The van der Waals surface area contributed by atoms with Gasteiger partial charge in [0.2, 0.25) is 0 Å². The van der Waals surface area contributed by atoms with Gasteiger partial charge in [-0.3, -0.25) is 0 Å². The predicted molar refractivity (Wildman–Crippen MR) is 53.7 cm³/mol. The lowest BCUT2D eigenvalue weighted by molar-refractivity contribution is -0.151. The lowest BCUT2D eigenvalue weighted by Crippen LogP contribution is -2.28. The van der Waals surface area contributed by atoms with E-state index in [2.05, 4.69) is 0 Å². The number of rotatable bonds is 10. The molecule has 0 aromatic rings. The number of carboxylic acids is 1. The van der Waals surface area contributed by atoms with E-state index in [0.717, 1.165) is 0 Å². The quantitative estimate of drug-likeness (QED) is 0.482. The molecule has 0 saturated carbocycles. The van der Waals surface area contributed by atoms with Gasteiger partial charge in [-0.05, 0) is 13.0 Å². The molecule has 0 rings (SSSR count). The van der Waals surface area contributed by atoms with Crippen molar-refractivity contribution in [1.82, 2.24) is 0 Å². The van der Waals surface area contributed by atoms with Crippen molar-refractivity contribution in [2.75, 3.05) is 40.1 Å². The highest BCUT2D eigenvalue weighted by molar-refractivity contribution is 5.72. The molecule has 15 heavy (non-hydrogen) atoms. The molecular formula is C9H19NO5. The Balaban J connectivity index is 3.41. The zero-order valence-electron chi connectivity index (χ0n) is 8.98. The first kappa shape index (κ1) is 14.3. The van der Waals surface area contributed by atoms with Crippen LogP contribution in [0.5, 0.6) is 0 Å². The Morgan fingerprint density at radius 3 is 2.53 bits per heavy atom. The summed E-state index contributed by atoms with van der Waals surface area (Å²) in [5, 5.41) is 8.70. The summed E-state index contributed by atoms with van der Waals surface area (Å²) in [6.07, 6.45) is -0.519. The molecule has 0 aliphatic heterocycles. The second kappa shape index (κ2) is 9.85. The molecule has 0 amide bonds. The van der Waals surface area contributed by atoms with Gasteiger partial charge in [0.25, 0.3) is 0 Å². The Morgan fingerprint density at radius 2 is 2.00 bits per heavy atom. The molecule has 3 N–H and O–H groups in total. The fourth-order valence-electron chi connectivity index (χ4n) is 0.923. The Hall–Kier alpha value is -0.690. The Morgan fingerprint density at radius 1 is 1.33 bits per heavy atom. The van der Waals surface area contributed by atoms with Crippen LogP contribution in [-0.4, -0.2) is 57.3 Å². The molecule has 0 aromatic heterocycles. The molecule has 1 atom stereocenters. The topological polar surface area (TPSA) is 91.0 Å². The van der Waals surface area contributed by atoms with E-state index >= 15 is 0 Å². The van der Waals surface area contributed by atoms with E-state index in [0.29, 0.717) is 32.8 Å². The number of carbonyl (C=O) groups is 1. The number of aliphatic carboxylic acids is 1. The molecule has 6 nitrogen and oxygen atoms in total. The lowest BCUT2D eigenvalue weighted by atomic mass is 10.2. The van der Waals surface area contributed by atoms with Gasteiger partial charge in [0.1, 0.15) is 0 Å². The second-order valence-electron chi connectivity index (χ2n) is 2.88.